The molecule has 0 spiro atoms. The fourth-order valence-electron chi connectivity index (χ4n) is 5.12. The maximum Gasteiger partial charge on any atom is 0.226 e. The van der Waals surface area contributed by atoms with Crippen LogP contribution in [0.25, 0.3) is 22.7 Å². The SMILES string of the molecule is CN(C)c1ccc(-c2nc(-c3cc(C(C)(C)C)c(O)c(C(C)(C)C)c3)oc2C2CCCCC2)cc1. The van der Waals surface area contributed by atoms with E-state index in [9.17, 15) is 5.11 Å². The second-order valence-corrected chi connectivity index (χ2v) is 12.4. The summed E-state index contributed by atoms with van der Waals surface area (Å²) in [5, 5.41) is 11.2. The van der Waals surface area contributed by atoms with Crippen LogP contribution in [0.15, 0.2) is 40.8 Å². The van der Waals surface area contributed by atoms with Gasteiger partial charge in [-0.1, -0.05) is 72.9 Å². The lowest BCUT2D eigenvalue weighted by Gasteiger charge is -2.27. The van der Waals surface area contributed by atoms with Gasteiger partial charge in [0.2, 0.25) is 5.89 Å². The van der Waals surface area contributed by atoms with Crippen molar-refractivity contribution in [3.63, 3.8) is 0 Å². The first-order valence-corrected chi connectivity index (χ1v) is 13.0. The second-order valence-electron chi connectivity index (χ2n) is 12.4. The summed E-state index contributed by atoms with van der Waals surface area (Å²) in [4.78, 5) is 7.22. The van der Waals surface area contributed by atoms with Crippen molar-refractivity contribution in [2.75, 3.05) is 19.0 Å². The van der Waals surface area contributed by atoms with E-state index in [1.165, 1.54) is 24.9 Å². The Morgan fingerprint density at radius 2 is 1.37 bits per heavy atom. The van der Waals surface area contributed by atoms with Crippen molar-refractivity contribution in [2.24, 2.45) is 0 Å². The van der Waals surface area contributed by atoms with Crippen LogP contribution in [-0.4, -0.2) is 24.2 Å². The van der Waals surface area contributed by atoms with Gasteiger partial charge in [-0.15, -0.1) is 0 Å². The van der Waals surface area contributed by atoms with Crippen LogP contribution in [0.5, 0.6) is 5.75 Å². The zero-order valence-corrected chi connectivity index (χ0v) is 22.8. The molecule has 1 N–H and O–H groups in total. The van der Waals surface area contributed by atoms with E-state index in [1.807, 2.05) is 0 Å². The quantitative estimate of drug-likeness (QED) is 0.412. The van der Waals surface area contributed by atoms with Crippen molar-refractivity contribution in [2.45, 2.75) is 90.4 Å². The van der Waals surface area contributed by atoms with E-state index in [0.717, 1.165) is 46.5 Å². The van der Waals surface area contributed by atoms with Crippen LogP contribution in [0.2, 0.25) is 0 Å². The molecule has 4 heteroatoms. The highest BCUT2D eigenvalue weighted by Gasteiger charge is 2.30. The van der Waals surface area contributed by atoms with Gasteiger partial charge in [-0.3, -0.25) is 0 Å². The zero-order chi connectivity index (χ0) is 25.5. The van der Waals surface area contributed by atoms with Crippen LogP contribution in [0, 0.1) is 0 Å². The van der Waals surface area contributed by atoms with Gasteiger partial charge in [0.15, 0.2) is 0 Å². The molecular formula is C31H42N2O2. The maximum atomic E-state index is 11.2. The molecule has 1 heterocycles. The van der Waals surface area contributed by atoms with Gasteiger partial charge in [-0.25, -0.2) is 4.98 Å². The Hall–Kier alpha value is -2.75. The summed E-state index contributed by atoms with van der Waals surface area (Å²) in [7, 11) is 4.11. The Balaban J connectivity index is 1.89. The summed E-state index contributed by atoms with van der Waals surface area (Å²) in [6, 6.07) is 12.7. The first-order valence-electron chi connectivity index (χ1n) is 13.0. The molecule has 3 aromatic rings. The topological polar surface area (TPSA) is 49.5 Å². The molecule has 0 bridgehead atoms. The fourth-order valence-corrected chi connectivity index (χ4v) is 5.12. The van der Waals surface area contributed by atoms with Crippen molar-refractivity contribution in [3.8, 4) is 28.5 Å². The fraction of sp³-hybridized carbons (Fsp3) is 0.516. The van der Waals surface area contributed by atoms with Gasteiger partial charge < -0.3 is 14.4 Å². The Bertz CT molecular complexity index is 1130. The highest BCUT2D eigenvalue weighted by molar-refractivity contribution is 5.70. The molecule has 4 rings (SSSR count). The van der Waals surface area contributed by atoms with Crippen LogP contribution < -0.4 is 4.90 Å². The van der Waals surface area contributed by atoms with Gasteiger partial charge in [0.05, 0.1) is 0 Å². The van der Waals surface area contributed by atoms with E-state index < -0.39 is 0 Å². The molecule has 2 aromatic carbocycles. The number of hydrogen-bond acceptors (Lipinski definition) is 4. The van der Waals surface area contributed by atoms with E-state index in [-0.39, 0.29) is 10.8 Å². The largest absolute Gasteiger partial charge is 0.507 e. The highest BCUT2D eigenvalue weighted by Crippen LogP contribution is 2.44. The number of phenolic OH excluding ortho intramolecular Hbond substituents is 1. The lowest BCUT2D eigenvalue weighted by molar-refractivity contribution is 0.379. The van der Waals surface area contributed by atoms with Crippen molar-refractivity contribution < 1.29 is 9.52 Å². The Kier molecular flexibility index (Phi) is 6.78. The molecule has 35 heavy (non-hydrogen) atoms. The smallest absolute Gasteiger partial charge is 0.226 e. The molecule has 0 unspecified atom stereocenters. The van der Waals surface area contributed by atoms with Gasteiger partial charge in [0, 0.05) is 48.0 Å². The maximum absolute atomic E-state index is 11.2. The number of phenols is 1. The molecule has 0 radical (unpaired) electrons. The molecule has 0 aliphatic heterocycles. The molecule has 1 aliphatic rings. The van der Waals surface area contributed by atoms with Crippen molar-refractivity contribution in [1.82, 2.24) is 4.98 Å². The number of aromatic nitrogens is 1. The van der Waals surface area contributed by atoms with Crippen LogP contribution >= 0.6 is 0 Å². The second kappa shape index (κ2) is 9.37. The minimum atomic E-state index is -0.205. The van der Waals surface area contributed by atoms with E-state index in [0.29, 0.717) is 17.6 Å². The van der Waals surface area contributed by atoms with E-state index >= 15 is 0 Å². The summed E-state index contributed by atoms with van der Waals surface area (Å²) in [6.07, 6.45) is 6.07. The molecule has 1 fully saturated rings. The first-order chi connectivity index (χ1) is 16.4. The lowest BCUT2D eigenvalue weighted by Crippen LogP contribution is -2.17. The predicted octanol–water partition coefficient (Wildman–Crippen LogP) is 8.42. The zero-order valence-electron chi connectivity index (χ0n) is 22.8. The average molecular weight is 475 g/mol. The summed E-state index contributed by atoms with van der Waals surface area (Å²) >= 11 is 0. The molecule has 0 atom stereocenters. The van der Waals surface area contributed by atoms with Crippen molar-refractivity contribution >= 4 is 5.69 Å². The standard InChI is InChI=1S/C31H42N2O2/c1-30(2,3)24-18-22(19-25(27(24)34)31(4,5)6)29-32-26(20-14-16-23(17-15-20)33(7)8)28(35-29)21-12-10-9-11-13-21/h14-19,21,34H,9-13H2,1-8H3. The van der Waals surface area contributed by atoms with Gasteiger partial charge in [0.25, 0.3) is 0 Å². The molecular weight excluding hydrogens is 432 g/mol. The molecule has 1 aromatic heterocycles. The number of hydrogen-bond donors (Lipinski definition) is 1. The third-order valence-electron chi connectivity index (χ3n) is 7.26. The van der Waals surface area contributed by atoms with Crippen LogP contribution in [0.3, 0.4) is 0 Å². The Morgan fingerprint density at radius 1 is 0.829 bits per heavy atom. The van der Waals surface area contributed by atoms with Crippen LogP contribution in [0.1, 0.15) is 96.5 Å². The third kappa shape index (κ3) is 5.27. The lowest BCUT2D eigenvalue weighted by atomic mass is 9.78. The van der Waals surface area contributed by atoms with E-state index in [4.69, 9.17) is 9.40 Å². The molecule has 0 saturated heterocycles. The summed E-state index contributed by atoms with van der Waals surface area (Å²) in [6.45, 7) is 12.8. The Labute approximate surface area is 211 Å². The Morgan fingerprint density at radius 3 is 1.86 bits per heavy atom. The third-order valence-corrected chi connectivity index (χ3v) is 7.26. The number of rotatable bonds is 4. The molecule has 0 amide bonds. The molecule has 188 valence electrons. The van der Waals surface area contributed by atoms with Crippen LogP contribution in [-0.2, 0) is 10.8 Å². The van der Waals surface area contributed by atoms with E-state index in [2.05, 4.69) is 96.9 Å². The monoisotopic (exact) mass is 474 g/mol. The van der Waals surface area contributed by atoms with Gasteiger partial charge in [-0.05, 0) is 47.9 Å². The normalized spacial score (nSPS) is 15.4. The van der Waals surface area contributed by atoms with Gasteiger partial charge >= 0.3 is 0 Å². The summed E-state index contributed by atoms with van der Waals surface area (Å²) in [5.74, 6) is 2.44. The molecule has 1 aliphatic carbocycles. The van der Waals surface area contributed by atoms with E-state index in [1.54, 1.807) is 0 Å². The number of nitrogens with zero attached hydrogens (tertiary/aromatic N) is 2. The summed E-state index contributed by atoms with van der Waals surface area (Å²) < 4.78 is 6.64. The number of anilines is 1. The molecule has 1 saturated carbocycles. The van der Waals surface area contributed by atoms with Crippen molar-refractivity contribution in [1.29, 1.82) is 0 Å². The van der Waals surface area contributed by atoms with Crippen molar-refractivity contribution in [3.05, 3.63) is 53.3 Å². The first kappa shape index (κ1) is 25.3. The number of benzene rings is 2. The van der Waals surface area contributed by atoms with Gasteiger partial charge in [0.1, 0.15) is 17.2 Å². The number of oxazole rings is 1. The summed E-state index contributed by atoms with van der Waals surface area (Å²) in [5.41, 5.74) is 5.60. The predicted molar refractivity (Wildman–Crippen MR) is 147 cm³/mol. The minimum Gasteiger partial charge on any atom is -0.507 e. The van der Waals surface area contributed by atoms with Gasteiger partial charge in [-0.2, -0.15) is 0 Å². The average Bonchev–Trinajstić information content (AvgIpc) is 3.24. The highest BCUT2D eigenvalue weighted by atomic mass is 16.4. The van der Waals surface area contributed by atoms with Crippen LogP contribution in [0.4, 0.5) is 5.69 Å². The number of aromatic hydroxyl groups is 1. The molecule has 4 nitrogen and oxygen atoms in total. The minimum absolute atomic E-state index is 0.205.